The molecule has 1 spiro atoms. The third kappa shape index (κ3) is 5.46. The Kier molecular flexibility index (Phi) is 6.83. The van der Waals surface area contributed by atoms with Gasteiger partial charge in [0.25, 0.3) is 0 Å². The molecule has 2 saturated carbocycles. The molecule has 3 fully saturated rings. The topological polar surface area (TPSA) is 64.6 Å². The molecule has 33 heavy (non-hydrogen) atoms. The number of rotatable bonds is 6. The van der Waals surface area contributed by atoms with Crippen molar-refractivity contribution < 1.29 is 14.5 Å². The maximum absolute atomic E-state index is 6.12. The van der Waals surface area contributed by atoms with Gasteiger partial charge in [0.15, 0.2) is 0 Å². The zero-order valence-corrected chi connectivity index (χ0v) is 20.0. The number of nitrogens with one attached hydrogen (secondary N) is 2. The van der Waals surface area contributed by atoms with Gasteiger partial charge in [-0.1, -0.05) is 11.6 Å². The first-order chi connectivity index (χ1) is 15.9. The number of hydrogen-bond donors (Lipinski definition) is 2. The monoisotopic (exact) mass is 468 g/mol. The minimum atomic E-state index is -0.569. The summed E-state index contributed by atoms with van der Waals surface area (Å²) in [5.41, 5.74) is 1.58. The van der Waals surface area contributed by atoms with Gasteiger partial charge in [-0.25, -0.2) is 9.78 Å². The molecule has 0 unspecified atom stereocenters. The van der Waals surface area contributed by atoms with Crippen molar-refractivity contribution in [2.45, 2.75) is 57.0 Å². The van der Waals surface area contributed by atoms with Crippen molar-refractivity contribution in [3.05, 3.63) is 66.6 Å². The lowest BCUT2D eigenvalue weighted by molar-refractivity contribution is -0.511. The third-order valence-electron chi connectivity index (χ3n) is 6.61. The van der Waals surface area contributed by atoms with Crippen LogP contribution in [0.25, 0.3) is 10.9 Å². The molecule has 1 aromatic carbocycles. The lowest BCUT2D eigenvalue weighted by atomic mass is 9.88. The van der Waals surface area contributed by atoms with E-state index in [0.29, 0.717) is 17.7 Å². The van der Waals surface area contributed by atoms with Gasteiger partial charge < -0.3 is 15.4 Å². The first kappa shape index (κ1) is 23.3. The van der Waals surface area contributed by atoms with Crippen LogP contribution in [0.3, 0.4) is 0 Å². The summed E-state index contributed by atoms with van der Waals surface area (Å²) < 4.78 is 6.06. The fraction of sp³-hybridized carbons (Fsp3) is 0.462. The Hall–Kier alpha value is -1.44. The minimum absolute atomic E-state index is 0.377. The average Bonchev–Trinajstić information content (AvgIpc) is 3.26. The van der Waals surface area contributed by atoms with Crippen LogP contribution in [-0.2, 0) is 14.5 Å². The number of benzene rings is 1. The highest BCUT2D eigenvalue weighted by Crippen LogP contribution is 2.39. The Morgan fingerprint density at radius 1 is 1.06 bits per heavy atom. The second-order valence-electron chi connectivity index (χ2n) is 9.73. The molecule has 2 aromatic rings. The number of anilines is 1. The van der Waals surface area contributed by atoms with Gasteiger partial charge in [0.1, 0.15) is 5.60 Å². The molecular formula is C26H31ClN3O3. The minimum Gasteiger partial charge on any atom is -0.384 e. The molecule has 2 heterocycles. The average molecular weight is 469 g/mol. The Bertz CT molecular complexity index is 949. The van der Waals surface area contributed by atoms with E-state index >= 15 is 0 Å². The van der Waals surface area contributed by atoms with Crippen molar-refractivity contribution in [1.82, 2.24) is 10.3 Å². The van der Waals surface area contributed by atoms with Crippen LogP contribution in [0.2, 0.25) is 5.02 Å². The number of nitrogens with zero attached hydrogens (tertiary/aromatic N) is 1. The van der Waals surface area contributed by atoms with Crippen LogP contribution in [0.15, 0.2) is 30.5 Å². The molecule has 0 bridgehead atoms. The van der Waals surface area contributed by atoms with E-state index < -0.39 is 5.79 Å². The SMILES string of the molecule is CC1(C)COC2(CCC(NC[C]3[CH][CH][CH][C]3CNc3ccnc4cc(Cl)ccc34)CC2)OO1. The van der Waals surface area contributed by atoms with E-state index in [4.69, 9.17) is 26.1 Å². The van der Waals surface area contributed by atoms with E-state index in [1.807, 2.05) is 44.3 Å². The Labute approximate surface area is 201 Å². The molecule has 6 nitrogen and oxygen atoms in total. The molecular weight excluding hydrogens is 438 g/mol. The summed E-state index contributed by atoms with van der Waals surface area (Å²) in [4.78, 5) is 15.7. The van der Waals surface area contributed by atoms with Crippen molar-refractivity contribution in [3.63, 3.8) is 0 Å². The number of hydrogen-bond acceptors (Lipinski definition) is 6. The number of pyridine rings is 1. The molecule has 1 saturated heterocycles. The van der Waals surface area contributed by atoms with E-state index in [2.05, 4.69) is 34.9 Å². The lowest BCUT2D eigenvalue weighted by Crippen LogP contribution is -2.52. The number of aromatic nitrogens is 1. The van der Waals surface area contributed by atoms with Crippen LogP contribution in [0.5, 0.6) is 0 Å². The summed E-state index contributed by atoms with van der Waals surface area (Å²) in [6.45, 7) is 6.13. The third-order valence-corrected chi connectivity index (χ3v) is 6.85. The molecule has 0 atom stereocenters. The smallest absolute Gasteiger partial charge is 0.201 e. The van der Waals surface area contributed by atoms with Crippen molar-refractivity contribution in [1.29, 1.82) is 0 Å². The largest absolute Gasteiger partial charge is 0.384 e. The molecule has 5 radical (unpaired) electrons. The zero-order chi connectivity index (χ0) is 22.9. The van der Waals surface area contributed by atoms with Crippen LogP contribution >= 0.6 is 11.6 Å². The highest BCUT2D eigenvalue weighted by Gasteiger charge is 2.45. The van der Waals surface area contributed by atoms with Crippen LogP contribution < -0.4 is 10.6 Å². The van der Waals surface area contributed by atoms with Gasteiger partial charge in [-0.15, -0.1) is 0 Å². The number of halogens is 1. The second kappa shape index (κ2) is 9.67. The molecule has 7 heteroatoms. The standard InChI is InChI=1S/C26H31ClN3O3/c1-25(2)17-31-26(33-32-25)11-8-21(9-12-26)29-15-18-4-3-5-19(18)16-30-23-10-13-28-24-14-20(27)6-7-22(23)24/h3-7,10,13-14,21,29H,8-9,11-12,15-17H2,1-2H3,(H,28,30). The van der Waals surface area contributed by atoms with Crippen LogP contribution in [0.1, 0.15) is 39.5 Å². The van der Waals surface area contributed by atoms with Crippen LogP contribution in [0.4, 0.5) is 5.69 Å². The summed E-state index contributed by atoms with van der Waals surface area (Å²) in [5, 5.41) is 9.08. The molecule has 2 aliphatic carbocycles. The summed E-state index contributed by atoms with van der Waals surface area (Å²) in [6, 6.07) is 8.27. The van der Waals surface area contributed by atoms with Crippen LogP contribution in [-0.4, -0.2) is 42.1 Å². The fourth-order valence-corrected chi connectivity index (χ4v) is 4.76. The first-order valence-corrected chi connectivity index (χ1v) is 12.1. The van der Waals surface area contributed by atoms with Gasteiger partial charge in [-0.3, -0.25) is 4.98 Å². The lowest BCUT2D eigenvalue weighted by Gasteiger charge is -2.45. The molecule has 1 aliphatic heterocycles. The predicted octanol–water partition coefficient (Wildman–Crippen LogP) is 5.06. The Morgan fingerprint density at radius 3 is 2.61 bits per heavy atom. The summed E-state index contributed by atoms with van der Waals surface area (Å²) in [7, 11) is 0. The van der Waals surface area contributed by atoms with E-state index in [9.17, 15) is 0 Å². The van der Waals surface area contributed by atoms with E-state index in [1.165, 1.54) is 11.8 Å². The highest BCUT2D eigenvalue weighted by atomic mass is 35.5. The van der Waals surface area contributed by atoms with Crippen LogP contribution in [0, 0.1) is 31.1 Å². The van der Waals surface area contributed by atoms with E-state index in [0.717, 1.165) is 55.4 Å². The van der Waals surface area contributed by atoms with Gasteiger partial charge >= 0.3 is 0 Å². The maximum atomic E-state index is 6.12. The summed E-state index contributed by atoms with van der Waals surface area (Å²) >= 11 is 6.12. The predicted molar refractivity (Wildman–Crippen MR) is 130 cm³/mol. The second-order valence-corrected chi connectivity index (χ2v) is 10.2. The van der Waals surface area contributed by atoms with Crippen molar-refractivity contribution >= 4 is 28.2 Å². The van der Waals surface area contributed by atoms with Gasteiger partial charge in [-0.05, 0) is 70.2 Å². The quantitative estimate of drug-likeness (QED) is 0.577. The van der Waals surface area contributed by atoms with E-state index in [1.54, 1.807) is 0 Å². The molecule has 3 aliphatic rings. The molecule has 2 N–H and O–H groups in total. The van der Waals surface area contributed by atoms with Gasteiger partial charge in [-0.2, -0.15) is 0 Å². The van der Waals surface area contributed by atoms with Crippen molar-refractivity contribution in [3.8, 4) is 0 Å². The van der Waals surface area contributed by atoms with Crippen molar-refractivity contribution in [2.75, 3.05) is 25.0 Å². The van der Waals surface area contributed by atoms with Gasteiger partial charge in [0, 0.05) is 66.1 Å². The fourth-order valence-electron chi connectivity index (χ4n) is 4.59. The summed E-state index contributed by atoms with van der Waals surface area (Å²) in [5.74, 6) is 2.04. The number of fused-ring (bicyclic) bond motifs is 1. The summed E-state index contributed by atoms with van der Waals surface area (Å²) in [6.07, 6.45) is 12.0. The Morgan fingerprint density at radius 2 is 1.85 bits per heavy atom. The normalized spacial score (nSPS) is 28.5. The van der Waals surface area contributed by atoms with Crippen molar-refractivity contribution in [2.24, 2.45) is 0 Å². The highest BCUT2D eigenvalue weighted by molar-refractivity contribution is 6.31. The maximum Gasteiger partial charge on any atom is 0.201 e. The number of ether oxygens (including phenoxy) is 1. The molecule has 0 amide bonds. The first-order valence-electron chi connectivity index (χ1n) is 11.7. The molecule has 5 rings (SSSR count). The Balaban J connectivity index is 1.10. The van der Waals surface area contributed by atoms with Gasteiger partial charge in [0.05, 0.1) is 12.1 Å². The van der Waals surface area contributed by atoms with E-state index in [-0.39, 0.29) is 5.60 Å². The zero-order valence-electron chi connectivity index (χ0n) is 19.2. The molecule has 1 aromatic heterocycles. The molecule has 175 valence electrons. The van der Waals surface area contributed by atoms with Gasteiger partial charge in [0.2, 0.25) is 5.79 Å².